The number of halogens is 1. The summed E-state index contributed by atoms with van der Waals surface area (Å²) >= 11 is 6.10. The van der Waals surface area contributed by atoms with Crippen molar-refractivity contribution in [3.8, 4) is 0 Å². The maximum atomic E-state index is 12.1. The lowest BCUT2D eigenvalue weighted by Gasteiger charge is -2.33. The SMILES string of the molecule is CC(C)(C)OC(=O)N1CCC(Cn2ccc3c(Cl)ncnc32)CC1. The van der Waals surface area contributed by atoms with Crippen LogP contribution < -0.4 is 0 Å². The van der Waals surface area contributed by atoms with Crippen molar-refractivity contribution >= 4 is 28.7 Å². The number of hydrogen-bond acceptors (Lipinski definition) is 4. The molecule has 0 atom stereocenters. The van der Waals surface area contributed by atoms with Crippen LogP contribution in [-0.4, -0.2) is 44.2 Å². The van der Waals surface area contributed by atoms with Gasteiger partial charge in [0.25, 0.3) is 0 Å². The van der Waals surface area contributed by atoms with Gasteiger partial charge < -0.3 is 14.2 Å². The van der Waals surface area contributed by atoms with Gasteiger partial charge in [0.15, 0.2) is 0 Å². The first-order valence-electron chi connectivity index (χ1n) is 8.27. The molecule has 1 saturated heterocycles. The van der Waals surface area contributed by atoms with Crippen LogP contribution in [0.5, 0.6) is 0 Å². The van der Waals surface area contributed by atoms with E-state index >= 15 is 0 Å². The molecule has 130 valence electrons. The third-order valence-corrected chi connectivity index (χ3v) is 4.53. The van der Waals surface area contributed by atoms with Crippen molar-refractivity contribution in [1.82, 2.24) is 19.4 Å². The summed E-state index contributed by atoms with van der Waals surface area (Å²) in [6.45, 7) is 8.01. The molecule has 1 amide bonds. The van der Waals surface area contributed by atoms with E-state index in [0.29, 0.717) is 11.1 Å². The van der Waals surface area contributed by atoms with Crippen LogP contribution in [0.15, 0.2) is 18.6 Å². The Bertz CT molecular complexity index is 730. The first-order chi connectivity index (χ1) is 11.3. The number of carbonyl (C=O) groups is 1. The molecule has 0 spiro atoms. The van der Waals surface area contributed by atoms with E-state index in [1.807, 2.05) is 33.0 Å². The molecule has 2 aromatic rings. The van der Waals surface area contributed by atoms with Gasteiger partial charge in [-0.25, -0.2) is 14.8 Å². The van der Waals surface area contributed by atoms with E-state index in [0.717, 1.165) is 43.5 Å². The fourth-order valence-corrected chi connectivity index (χ4v) is 3.21. The summed E-state index contributed by atoms with van der Waals surface area (Å²) in [5.74, 6) is 0.507. The average molecular weight is 351 g/mol. The van der Waals surface area contributed by atoms with Crippen molar-refractivity contribution < 1.29 is 9.53 Å². The van der Waals surface area contributed by atoms with Crippen LogP contribution in [0, 0.1) is 5.92 Å². The quantitative estimate of drug-likeness (QED) is 0.774. The van der Waals surface area contributed by atoms with Gasteiger partial charge in [0.05, 0.1) is 5.39 Å². The molecule has 2 aromatic heterocycles. The zero-order valence-electron chi connectivity index (χ0n) is 14.3. The third-order valence-electron chi connectivity index (χ3n) is 4.23. The molecule has 6 nitrogen and oxygen atoms in total. The Morgan fingerprint density at radius 2 is 2.04 bits per heavy atom. The van der Waals surface area contributed by atoms with Crippen LogP contribution >= 0.6 is 11.6 Å². The van der Waals surface area contributed by atoms with E-state index in [-0.39, 0.29) is 6.09 Å². The van der Waals surface area contributed by atoms with E-state index in [4.69, 9.17) is 16.3 Å². The summed E-state index contributed by atoms with van der Waals surface area (Å²) in [5.41, 5.74) is 0.418. The predicted molar refractivity (Wildman–Crippen MR) is 93.1 cm³/mol. The molecule has 1 fully saturated rings. The molecule has 0 radical (unpaired) electrons. The highest BCUT2D eigenvalue weighted by Gasteiger charge is 2.27. The Labute approximate surface area is 146 Å². The number of aromatic nitrogens is 3. The summed E-state index contributed by atoms with van der Waals surface area (Å²) in [4.78, 5) is 22.3. The molecule has 24 heavy (non-hydrogen) atoms. The Morgan fingerprint density at radius 3 is 2.71 bits per heavy atom. The fraction of sp³-hybridized carbons (Fsp3) is 0.588. The van der Waals surface area contributed by atoms with Crippen molar-refractivity contribution in [2.75, 3.05) is 13.1 Å². The predicted octanol–water partition coefficient (Wildman–Crippen LogP) is 3.73. The second kappa shape index (κ2) is 6.59. The minimum atomic E-state index is -0.447. The first kappa shape index (κ1) is 17.0. The molecule has 3 heterocycles. The zero-order valence-corrected chi connectivity index (χ0v) is 15.1. The van der Waals surface area contributed by atoms with Crippen LogP contribution in [-0.2, 0) is 11.3 Å². The van der Waals surface area contributed by atoms with E-state index in [2.05, 4.69) is 14.5 Å². The van der Waals surface area contributed by atoms with Gasteiger partial charge in [-0.15, -0.1) is 0 Å². The lowest BCUT2D eigenvalue weighted by Crippen LogP contribution is -2.42. The van der Waals surface area contributed by atoms with Crippen molar-refractivity contribution in [2.24, 2.45) is 5.92 Å². The molecule has 1 aliphatic heterocycles. The van der Waals surface area contributed by atoms with Crippen LogP contribution in [0.2, 0.25) is 5.15 Å². The number of piperidine rings is 1. The smallest absolute Gasteiger partial charge is 0.410 e. The molecule has 1 aliphatic rings. The normalized spacial score (nSPS) is 16.6. The van der Waals surface area contributed by atoms with Gasteiger partial charge in [0.1, 0.15) is 22.7 Å². The Kier molecular flexibility index (Phi) is 4.67. The number of hydrogen-bond donors (Lipinski definition) is 0. The van der Waals surface area contributed by atoms with Gasteiger partial charge in [0.2, 0.25) is 0 Å². The number of carbonyl (C=O) groups excluding carboxylic acids is 1. The number of ether oxygens (including phenoxy) is 1. The van der Waals surface area contributed by atoms with Crippen LogP contribution in [0.3, 0.4) is 0 Å². The number of rotatable bonds is 2. The van der Waals surface area contributed by atoms with Crippen LogP contribution in [0.1, 0.15) is 33.6 Å². The molecule has 0 aliphatic carbocycles. The summed E-state index contributed by atoms with van der Waals surface area (Å²) < 4.78 is 7.56. The van der Waals surface area contributed by atoms with Crippen LogP contribution in [0.25, 0.3) is 11.0 Å². The molecular weight excluding hydrogens is 328 g/mol. The van der Waals surface area contributed by atoms with Crippen molar-refractivity contribution in [3.05, 3.63) is 23.7 Å². The molecule has 0 bridgehead atoms. The highest BCUT2D eigenvalue weighted by atomic mass is 35.5. The third kappa shape index (κ3) is 3.80. The van der Waals surface area contributed by atoms with Gasteiger partial charge in [-0.3, -0.25) is 0 Å². The Morgan fingerprint density at radius 1 is 1.33 bits per heavy atom. The number of nitrogens with zero attached hydrogens (tertiary/aromatic N) is 4. The largest absolute Gasteiger partial charge is 0.444 e. The molecule has 3 rings (SSSR count). The Hall–Kier alpha value is -1.82. The lowest BCUT2D eigenvalue weighted by molar-refractivity contribution is 0.0178. The molecule has 7 heteroatoms. The minimum Gasteiger partial charge on any atom is -0.444 e. The van der Waals surface area contributed by atoms with Gasteiger partial charge in [-0.1, -0.05) is 11.6 Å². The average Bonchev–Trinajstić information content (AvgIpc) is 2.91. The highest BCUT2D eigenvalue weighted by molar-refractivity contribution is 6.33. The number of fused-ring (bicyclic) bond motifs is 1. The molecule has 0 unspecified atom stereocenters. The van der Waals surface area contributed by atoms with Gasteiger partial charge in [0, 0.05) is 25.8 Å². The van der Waals surface area contributed by atoms with Gasteiger partial charge in [-0.2, -0.15) is 0 Å². The van der Waals surface area contributed by atoms with E-state index in [1.165, 1.54) is 6.33 Å². The molecule has 0 saturated carbocycles. The summed E-state index contributed by atoms with van der Waals surface area (Å²) in [6.07, 6.45) is 5.19. The van der Waals surface area contributed by atoms with E-state index in [1.54, 1.807) is 4.90 Å². The lowest BCUT2D eigenvalue weighted by atomic mass is 9.97. The van der Waals surface area contributed by atoms with Gasteiger partial charge >= 0.3 is 6.09 Å². The summed E-state index contributed by atoms with van der Waals surface area (Å²) in [5, 5.41) is 1.36. The van der Waals surface area contributed by atoms with E-state index in [9.17, 15) is 4.79 Å². The zero-order chi connectivity index (χ0) is 17.3. The topological polar surface area (TPSA) is 60.2 Å². The Balaban J connectivity index is 1.59. The summed E-state index contributed by atoms with van der Waals surface area (Å²) in [7, 11) is 0. The first-order valence-corrected chi connectivity index (χ1v) is 8.64. The van der Waals surface area contributed by atoms with Crippen molar-refractivity contribution in [2.45, 2.75) is 45.8 Å². The van der Waals surface area contributed by atoms with Crippen LogP contribution in [0.4, 0.5) is 4.79 Å². The molecular formula is C17H23ClN4O2. The number of likely N-dealkylation sites (tertiary alicyclic amines) is 1. The van der Waals surface area contributed by atoms with Gasteiger partial charge in [-0.05, 0) is 45.6 Å². The fourth-order valence-electron chi connectivity index (χ4n) is 3.02. The highest BCUT2D eigenvalue weighted by Crippen LogP contribution is 2.25. The second-order valence-corrected chi connectivity index (χ2v) is 7.64. The van der Waals surface area contributed by atoms with E-state index < -0.39 is 5.60 Å². The molecule has 0 N–H and O–H groups in total. The second-order valence-electron chi connectivity index (χ2n) is 7.28. The van der Waals surface area contributed by atoms with Crippen molar-refractivity contribution in [1.29, 1.82) is 0 Å². The monoisotopic (exact) mass is 350 g/mol. The standard InChI is InChI=1S/C17H23ClN4O2/c1-17(2,3)24-16(23)21-7-4-12(5-8-21)10-22-9-6-13-14(18)19-11-20-15(13)22/h6,9,11-12H,4-5,7-8,10H2,1-3H3. The minimum absolute atomic E-state index is 0.216. The number of amides is 1. The molecule has 0 aromatic carbocycles. The van der Waals surface area contributed by atoms with Crippen molar-refractivity contribution in [3.63, 3.8) is 0 Å². The maximum absolute atomic E-state index is 12.1. The summed E-state index contributed by atoms with van der Waals surface area (Å²) in [6, 6.07) is 1.95. The maximum Gasteiger partial charge on any atom is 0.410 e.